The van der Waals surface area contributed by atoms with Crippen molar-refractivity contribution in [2.24, 2.45) is 7.05 Å². The third-order valence-corrected chi connectivity index (χ3v) is 5.25. The maximum absolute atomic E-state index is 12.7. The van der Waals surface area contributed by atoms with Crippen molar-refractivity contribution in [3.05, 3.63) is 53.8 Å². The van der Waals surface area contributed by atoms with E-state index in [0.29, 0.717) is 18.8 Å². The minimum Gasteiger partial charge on any atom is -0.361 e. The molecule has 0 atom stereocenters. The van der Waals surface area contributed by atoms with Crippen LogP contribution in [0.15, 0.2) is 41.2 Å². The van der Waals surface area contributed by atoms with E-state index in [0.717, 1.165) is 55.2 Å². The molecule has 1 aliphatic rings. The summed E-state index contributed by atoms with van der Waals surface area (Å²) in [6, 6.07) is 7.81. The molecule has 8 heteroatoms. The van der Waals surface area contributed by atoms with Crippen molar-refractivity contribution in [2.45, 2.75) is 26.3 Å². The molecule has 1 saturated heterocycles. The first-order valence-corrected chi connectivity index (χ1v) is 10.0. The number of piperazine rings is 1. The molecule has 0 N–H and O–H groups in total. The highest BCUT2D eigenvalue weighted by Gasteiger charge is 2.25. The van der Waals surface area contributed by atoms with Crippen LogP contribution in [-0.4, -0.2) is 61.8 Å². The van der Waals surface area contributed by atoms with Crippen LogP contribution in [0.4, 0.5) is 0 Å². The van der Waals surface area contributed by atoms with E-state index in [1.54, 1.807) is 12.3 Å². The molecule has 4 rings (SSSR count). The molecular formula is C21H26N6O2. The predicted molar refractivity (Wildman–Crippen MR) is 108 cm³/mol. The Bertz CT molecular complexity index is 957. The minimum atomic E-state index is -0.0462. The molecule has 0 spiro atoms. The molecule has 1 aliphatic heterocycles. The third-order valence-electron chi connectivity index (χ3n) is 5.25. The fourth-order valence-electron chi connectivity index (χ4n) is 3.59. The van der Waals surface area contributed by atoms with E-state index >= 15 is 0 Å². The van der Waals surface area contributed by atoms with Gasteiger partial charge in [-0.3, -0.25) is 19.4 Å². The molecule has 1 fully saturated rings. The van der Waals surface area contributed by atoms with Gasteiger partial charge in [0.05, 0.1) is 11.4 Å². The number of amides is 1. The second kappa shape index (κ2) is 8.57. The number of rotatable bonds is 6. The Balaban J connectivity index is 1.34. The van der Waals surface area contributed by atoms with Gasteiger partial charge in [0.15, 0.2) is 5.69 Å². The molecule has 0 radical (unpaired) electrons. The van der Waals surface area contributed by atoms with Crippen molar-refractivity contribution in [1.29, 1.82) is 0 Å². The van der Waals surface area contributed by atoms with Crippen LogP contribution in [-0.2, 0) is 20.0 Å². The van der Waals surface area contributed by atoms with Crippen molar-refractivity contribution >= 4 is 5.91 Å². The lowest BCUT2D eigenvalue weighted by Crippen LogP contribution is -2.48. The lowest BCUT2D eigenvalue weighted by molar-refractivity contribution is 0.0615. The minimum absolute atomic E-state index is 0.0462. The van der Waals surface area contributed by atoms with E-state index in [1.807, 2.05) is 35.0 Å². The summed E-state index contributed by atoms with van der Waals surface area (Å²) in [5, 5.41) is 8.56. The molecule has 0 bridgehead atoms. The zero-order valence-corrected chi connectivity index (χ0v) is 16.9. The Labute approximate surface area is 170 Å². The molecule has 152 valence electrons. The number of aromatic nitrogens is 4. The van der Waals surface area contributed by atoms with Gasteiger partial charge in [0.1, 0.15) is 5.76 Å². The summed E-state index contributed by atoms with van der Waals surface area (Å²) in [6.07, 6.45) is 5.36. The van der Waals surface area contributed by atoms with Crippen LogP contribution < -0.4 is 0 Å². The second-order valence-electron chi connectivity index (χ2n) is 7.38. The van der Waals surface area contributed by atoms with Gasteiger partial charge in [0.25, 0.3) is 5.91 Å². The number of pyridine rings is 1. The van der Waals surface area contributed by atoms with Crippen LogP contribution in [0.2, 0.25) is 0 Å². The van der Waals surface area contributed by atoms with Crippen molar-refractivity contribution in [2.75, 3.05) is 26.2 Å². The Morgan fingerprint density at radius 3 is 2.76 bits per heavy atom. The van der Waals surface area contributed by atoms with Crippen LogP contribution >= 0.6 is 0 Å². The first-order chi connectivity index (χ1) is 14.1. The Morgan fingerprint density at radius 2 is 2.03 bits per heavy atom. The van der Waals surface area contributed by atoms with Gasteiger partial charge in [-0.15, -0.1) is 0 Å². The number of carbonyl (C=O) groups excluding carboxylic acids is 1. The smallest absolute Gasteiger partial charge is 0.276 e. The molecule has 0 aliphatic carbocycles. The molecule has 29 heavy (non-hydrogen) atoms. The lowest BCUT2D eigenvalue weighted by Gasteiger charge is -2.34. The normalized spacial score (nSPS) is 15.0. The van der Waals surface area contributed by atoms with Crippen molar-refractivity contribution < 1.29 is 9.32 Å². The summed E-state index contributed by atoms with van der Waals surface area (Å²) < 4.78 is 7.17. The maximum atomic E-state index is 12.7. The van der Waals surface area contributed by atoms with E-state index in [1.165, 1.54) is 0 Å². The standard InChI is InChI=1S/C21H26N6O2/c1-3-5-18-13-20(24-29-18)21(28)27-10-8-26(9-11-27)15-17-12-19(23-25(17)2)16-6-4-7-22-14-16/h4,6-7,12-14H,3,5,8-11,15H2,1-2H3. The van der Waals surface area contributed by atoms with Crippen molar-refractivity contribution in [3.8, 4) is 11.3 Å². The van der Waals surface area contributed by atoms with E-state index in [2.05, 4.69) is 33.1 Å². The van der Waals surface area contributed by atoms with Gasteiger partial charge in [-0.25, -0.2) is 0 Å². The maximum Gasteiger partial charge on any atom is 0.276 e. The quantitative estimate of drug-likeness (QED) is 0.639. The Hall–Kier alpha value is -3.00. The number of aryl methyl sites for hydroxylation is 2. The first-order valence-electron chi connectivity index (χ1n) is 10.0. The van der Waals surface area contributed by atoms with E-state index in [-0.39, 0.29) is 5.91 Å². The van der Waals surface area contributed by atoms with E-state index in [9.17, 15) is 4.79 Å². The molecule has 8 nitrogen and oxygen atoms in total. The number of carbonyl (C=O) groups is 1. The molecule has 3 aromatic heterocycles. The summed E-state index contributed by atoms with van der Waals surface area (Å²) in [4.78, 5) is 21.0. The van der Waals surface area contributed by atoms with Gasteiger partial charge in [0, 0.05) is 70.2 Å². The highest BCUT2D eigenvalue weighted by molar-refractivity contribution is 5.92. The molecule has 0 aromatic carbocycles. The number of hydrogen-bond donors (Lipinski definition) is 0. The Morgan fingerprint density at radius 1 is 1.21 bits per heavy atom. The van der Waals surface area contributed by atoms with Crippen LogP contribution in [0, 0.1) is 0 Å². The van der Waals surface area contributed by atoms with Crippen LogP contribution in [0.5, 0.6) is 0 Å². The SMILES string of the molecule is CCCc1cc(C(=O)N2CCN(Cc3cc(-c4cccnc4)nn3C)CC2)no1. The Kier molecular flexibility index (Phi) is 5.71. The fourth-order valence-corrected chi connectivity index (χ4v) is 3.59. The lowest BCUT2D eigenvalue weighted by atomic mass is 10.2. The topological polar surface area (TPSA) is 80.3 Å². The van der Waals surface area contributed by atoms with Crippen molar-refractivity contribution in [3.63, 3.8) is 0 Å². The van der Waals surface area contributed by atoms with Crippen LogP contribution in [0.25, 0.3) is 11.3 Å². The first kappa shape index (κ1) is 19.3. The number of hydrogen-bond acceptors (Lipinski definition) is 6. The van der Waals surface area contributed by atoms with E-state index < -0.39 is 0 Å². The van der Waals surface area contributed by atoms with Gasteiger partial charge in [0.2, 0.25) is 0 Å². The average molecular weight is 394 g/mol. The monoisotopic (exact) mass is 394 g/mol. The number of nitrogens with zero attached hydrogens (tertiary/aromatic N) is 6. The van der Waals surface area contributed by atoms with Gasteiger partial charge >= 0.3 is 0 Å². The summed E-state index contributed by atoms with van der Waals surface area (Å²) in [5.41, 5.74) is 3.50. The molecule has 1 amide bonds. The fraction of sp³-hybridized carbons (Fsp3) is 0.429. The predicted octanol–water partition coefficient (Wildman–Crippen LogP) is 2.38. The molecule has 4 heterocycles. The van der Waals surface area contributed by atoms with Gasteiger partial charge in [-0.05, 0) is 24.6 Å². The third kappa shape index (κ3) is 4.37. The van der Waals surface area contributed by atoms with Gasteiger partial charge < -0.3 is 9.42 Å². The summed E-state index contributed by atoms with van der Waals surface area (Å²) in [7, 11) is 1.97. The summed E-state index contributed by atoms with van der Waals surface area (Å²) in [5.74, 6) is 0.727. The van der Waals surface area contributed by atoms with Crippen LogP contribution in [0.3, 0.4) is 0 Å². The summed E-state index contributed by atoms with van der Waals surface area (Å²) >= 11 is 0. The summed E-state index contributed by atoms with van der Waals surface area (Å²) in [6.45, 7) is 5.88. The van der Waals surface area contributed by atoms with E-state index in [4.69, 9.17) is 4.52 Å². The molecular weight excluding hydrogens is 368 g/mol. The van der Waals surface area contributed by atoms with Gasteiger partial charge in [-0.1, -0.05) is 12.1 Å². The molecule has 3 aromatic rings. The second-order valence-corrected chi connectivity index (χ2v) is 7.38. The molecule has 0 unspecified atom stereocenters. The van der Waals surface area contributed by atoms with Gasteiger partial charge in [-0.2, -0.15) is 5.10 Å². The van der Waals surface area contributed by atoms with Crippen molar-refractivity contribution in [1.82, 2.24) is 29.7 Å². The average Bonchev–Trinajstić information content (AvgIpc) is 3.36. The largest absolute Gasteiger partial charge is 0.361 e. The zero-order valence-electron chi connectivity index (χ0n) is 16.9. The zero-order chi connectivity index (χ0) is 20.2. The highest BCUT2D eigenvalue weighted by atomic mass is 16.5. The molecule has 0 saturated carbocycles. The van der Waals surface area contributed by atoms with Crippen LogP contribution in [0.1, 0.15) is 35.3 Å². The highest BCUT2D eigenvalue weighted by Crippen LogP contribution is 2.19.